The van der Waals surface area contributed by atoms with Crippen LogP contribution in [-0.4, -0.2) is 164 Å². The lowest BCUT2D eigenvalue weighted by molar-refractivity contribution is -0.122. The average molecular weight is 1270 g/mol. The summed E-state index contributed by atoms with van der Waals surface area (Å²) in [5.41, 5.74) is -4.82. The van der Waals surface area contributed by atoms with Gasteiger partial charge < -0.3 is 62.1 Å². The Labute approximate surface area is 383 Å². The molecule has 0 aliphatic heterocycles. The van der Waals surface area contributed by atoms with E-state index in [2.05, 4.69) is 21.3 Å². The van der Waals surface area contributed by atoms with Gasteiger partial charge in [0.2, 0.25) is 11.8 Å². The second kappa shape index (κ2) is 23.7. The zero-order chi connectivity index (χ0) is 44.3. The van der Waals surface area contributed by atoms with Gasteiger partial charge in [0.25, 0.3) is 23.6 Å². The van der Waals surface area contributed by atoms with Gasteiger partial charge in [0.15, 0.2) is 0 Å². The molecule has 0 aromatic heterocycles. The van der Waals surface area contributed by atoms with Crippen LogP contribution in [0, 0.1) is 14.3 Å². The van der Waals surface area contributed by atoms with Crippen LogP contribution in [0.25, 0.3) is 11.1 Å². The third kappa shape index (κ3) is 12.4. The molecule has 0 radical (unpaired) electrons. The second-order valence-corrected chi connectivity index (χ2v) is 16.4. The molecule has 0 bridgehead atoms. The molecule has 0 aliphatic rings. The average Bonchev–Trinajstić information content (AvgIpc) is 3.18. The maximum atomic E-state index is 14.4. The highest BCUT2D eigenvalue weighted by Crippen LogP contribution is 2.48. The molecule has 2 aromatic carbocycles. The van der Waals surface area contributed by atoms with Crippen molar-refractivity contribution >= 4 is 137 Å². The third-order valence-corrected chi connectivity index (χ3v) is 11.9. The van der Waals surface area contributed by atoms with E-state index in [9.17, 15) is 80.0 Å². The molecule has 2 rings (SSSR count). The first-order chi connectivity index (χ1) is 27.1. The predicted molar refractivity (Wildman–Crippen MR) is 234 cm³/mol. The molecule has 0 saturated carbocycles. The van der Waals surface area contributed by atoms with Gasteiger partial charge in [-0.15, -0.1) is 0 Å². The van der Waals surface area contributed by atoms with Crippen molar-refractivity contribution in [3.05, 3.63) is 36.5 Å². The van der Waals surface area contributed by atoms with Crippen LogP contribution in [0.1, 0.15) is 55.3 Å². The number of rotatable bonds is 19. The predicted octanol–water partition coefficient (Wildman–Crippen LogP) is -2.41. The van der Waals surface area contributed by atoms with E-state index in [4.69, 9.17) is 0 Å². The monoisotopic (exact) mass is 1270 g/mol. The van der Waals surface area contributed by atoms with E-state index in [-0.39, 0.29) is 24.4 Å². The number of carbonyl (C=O) groups excluding carboxylic acids is 6. The lowest BCUT2D eigenvalue weighted by atomic mass is 9.85. The van der Waals surface area contributed by atoms with Crippen LogP contribution < -0.4 is 31.4 Å². The van der Waals surface area contributed by atoms with Crippen molar-refractivity contribution in [1.82, 2.24) is 21.3 Å². The number of hydrogen-bond acceptors (Lipinski definition) is 16. The molecule has 0 heterocycles. The molecule has 322 valence electrons. The highest BCUT2D eigenvalue weighted by molar-refractivity contribution is 14.1. The summed E-state index contributed by atoms with van der Waals surface area (Å²) >= 11 is 6.13. The number of benzene rings is 2. The van der Waals surface area contributed by atoms with Crippen LogP contribution in [0.3, 0.4) is 0 Å². The Morgan fingerprint density at radius 2 is 0.655 bits per heavy atom. The SMILES string of the molecule is CC(=O)N(O)c1c(I)c(C(=O)NCC(O)CO)c(-c2c(C(=O)NCC(O)CO)c(I)c(N(O)C(C)=O)c(I)c2C(=O)NCC(O)CO)c(C(=O)NCC(O)CO)c1I. The maximum absolute atomic E-state index is 14.4. The molecule has 0 saturated heterocycles. The van der Waals surface area contributed by atoms with Crippen molar-refractivity contribution in [2.24, 2.45) is 0 Å². The van der Waals surface area contributed by atoms with Crippen molar-refractivity contribution in [3.63, 3.8) is 0 Å². The number of halogens is 4. The second-order valence-electron chi connectivity index (χ2n) is 12.1. The van der Waals surface area contributed by atoms with Gasteiger partial charge in [-0.25, -0.2) is 0 Å². The zero-order valence-electron chi connectivity index (χ0n) is 30.3. The Morgan fingerprint density at radius 3 is 0.810 bits per heavy atom. The van der Waals surface area contributed by atoms with Gasteiger partial charge in [0.1, 0.15) is 11.4 Å². The maximum Gasteiger partial charge on any atom is 0.253 e. The Hall–Kier alpha value is -2.22. The van der Waals surface area contributed by atoms with Crippen molar-refractivity contribution < 1.29 is 80.0 Å². The van der Waals surface area contributed by atoms with Gasteiger partial charge >= 0.3 is 0 Å². The number of amides is 6. The summed E-state index contributed by atoms with van der Waals surface area (Å²) in [6, 6.07) is 0. The Kier molecular flexibility index (Phi) is 21.2. The smallest absolute Gasteiger partial charge is 0.253 e. The summed E-state index contributed by atoms with van der Waals surface area (Å²) in [7, 11) is 0. The lowest BCUT2D eigenvalue weighted by Crippen LogP contribution is -2.39. The molecule has 22 nitrogen and oxygen atoms in total. The number of nitrogens with one attached hydrogen (secondary N) is 4. The largest absolute Gasteiger partial charge is 0.394 e. The fourth-order valence-corrected chi connectivity index (χ4v) is 9.93. The molecule has 0 fully saturated rings. The van der Waals surface area contributed by atoms with E-state index < -0.39 is 157 Å². The van der Waals surface area contributed by atoms with E-state index in [1.54, 1.807) is 0 Å². The minimum absolute atomic E-state index is 0.0902. The van der Waals surface area contributed by atoms with Crippen LogP contribution >= 0.6 is 90.4 Å². The fourth-order valence-electron chi connectivity index (χ4n) is 4.85. The van der Waals surface area contributed by atoms with Gasteiger partial charge in [-0.3, -0.25) is 39.2 Å². The first-order valence-corrected chi connectivity index (χ1v) is 20.8. The summed E-state index contributed by atoms with van der Waals surface area (Å²) in [5.74, 6) is -6.85. The van der Waals surface area contributed by atoms with Crippen molar-refractivity contribution in [3.8, 4) is 11.1 Å². The number of aliphatic hydroxyl groups excluding tert-OH is 8. The van der Waals surface area contributed by atoms with E-state index in [0.717, 1.165) is 13.8 Å². The quantitative estimate of drug-likeness (QED) is 0.0396. The zero-order valence-corrected chi connectivity index (χ0v) is 38.9. The number of hydroxylamine groups is 2. The summed E-state index contributed by atoms with van der Waals surface area (Å²) in [5, 5.41) is 110. The summed E-state index contributed by atoms with van der Waals surface area (Å²) in [6.07, 6.45) is -6.21. The van der Waals surface area contributed by atoms with Gasteiger partial charge in [-0.2, -0.15) is 10.1 Å². The summed E-state index contributed by atoms with van der Waals surface area (Å²) in [6.45, 7) is -4.05. The fraction of sp³-hybridized carbons (Fsp3) is 0.438. The van der Waals surface area contributed by atoms with E-state index in [1.165, 1.54) is 90.4 Å². The van der Waals surface area contributed by atoms with E-state index in [1.807, 2.05) is 0 Å². The molecular weight excluding hydrogens is 1230 g/mol. The van der Waals surface area contributed by atoms with Crippen molar-refractivity contribution in [2.45, 2.75) is 38.3 Å². The summed E-state index contributed by atoms with van der Waals surface area (Å²) in [4.78, 5) is 82.9. The van der Waals surface area contributed by atoms with Crippen molar-refractivity contribution in [2.75, 3.05) is 62.7 Å². The number of anilines is 2. The minimum atomic E-state index is -1.55. The number of aliphatic hydroxyl groups is 8. The standard InChI is InChI=1S/C32H40I4N6O16/c1-11(47)41(57)27-23(33)19(29(53)37-3-13(49)7-43)17(20(24(27)34)30(54)38-4-14(50)8-44)18-21(31(55)39-5-15(51)9-45)25(35)28(42(58)12(2)48)26(36)22(18)32(56)40-6-16(52)10-46/h13-16,43-46,49-52,57-58H,3-10H2,1-2H3,(H,37,53)(H,38,54)(H,39,55)(H,40,56). The van der Waals surface area contributed by atoms with Crippen molar-refractivity contribution in [1.29, 1.82) is 0 Å². The molecule has 0 aliphatic carbocycles. The first kappa shape index (κ1) is 51.9. The molecule has 4 unspecified atom stereocenters. The van der Waals surface area contributed by atoms with Gasteiger partial charge in [0.05, 0.1) is 87.4 Å². The Bertz CT molecular complexity index is 1670. The summed E-state index contributed by atoms with van der Waals surface area (Å²) < 4.78 is -1.27. The molecule has 2 aromatic rings. The molecule has 0 spiro atoms. The van der Waals surface area contributed by atoms with E-state index in [0.29, 0.717) is 0 Å². The third-order valence-electron chi connectivity index (χ3n) is 7.72. The molecule has 26 heteroatoms. The molecule has 58 heavy (non-hydrogen) atoms. The number of carbonyl (C=O) groups is 6. The van der Waals surface area contributed by atoms with Crippen LogP contribution in [-0.2, 0) is 9.59 Å². The van der Waals surface area contributed by atoms with Gasteiger partial charge in [-0.05, 0) is 90.4 Å². The molecule has 4 atom stereocenters. The number of nitrogens with zero attached hydrogens (tertiary/aromatic N) is 2. The Balaban J connectivity index is 3.61. The highest BCUT2D eigenvalue weighted by Gasteiger charge is 2.40. The van der Waals surface area contributed by atoms with Gasteiger partial charge in [0, 0.05) is 51.2 Å². The molecular formula is C32H40I4N6O16. The normalized spacial score (nSPS) is 13.2. The molecule has 6 amide bonds. The van der Waals surface area contributed by atoms with Gasteiger partial charge in [-0.1, -0.05) is 0 Å². The van der Waals surface area contributed by atoms with Crippen LogP contribution in [0.4, 0.5) is 11.4 Å². The van der Waals surface area contributed by atoms with Crippen LogP contribution in [0.2, 0.25) is 0 Å². The lowest BCUT2D eigenvalue weighted by Gasteiger charge is -2.29. The Morgan fingerprint density at radius 1 is 0.466 bits per heavy atom. The van der Waals surface area contributed by atoms with E-state index >= 15 is 0 Å². The topological polar surface area (TPSA) is 359 Å². The molecule has 14 N–H and O–H groups in total. The van der Waals surface area contributed by atoms with Crippen LogP contribution in [0.5, 0.6) is 0 Å². The highest BCUT2D eigenvalue weighted by atomic mass is 127. The van der Waals surface area contributed by atoms with Crippen LogP contribution in [0.15, 0.2) is 0 Å². The number of hydrogen-bond donors (Lipinski definition) is 14. The first-order valence-electron chi connectivity index (χ1n) is 16.5. The minimum Gasteiger partial charge on any atom is -0.394 e.